The molecule has 0 saturated heterocycles. The molecule has 0 aromatic heterocycles. The number of amides is 1. The molecule has 2 atom stereocenters. The Morgan fingerprint density at radius 3 is 2.53 bits per heavy atom. The van der Waals surface area contributed by atoms with Crippen LogP contribution in [-0.4, -0.2) is 26.2 Å². The fourth-order valence-electron chi connectivity index (χ4n) is 1.68. The van der Waals surface area contributed by atoms with Crippen LogP contribution in [0.5, 0.6) is 11.5 Å². The van der Waals surface area contributed by atoms with Crippen molar-refractivity contribution in [1.29, 1.82) is 0 Å². The molecule has 2 unspecified atom stereocenters. The third-order valence-corrected chi connectivity index (χ3v) is 3.14. The number of benzene rings is 1. The number of hydrogen-bond donors (Lipinski definition) is 2. The molecule has 1 amide bonds. The average molecular weight is 266 g/mol. The highest BCUT2D eigenvalue weighted by Crippen LogP contribution is 2.30. The van der Waals surface area contributed by atoms with E-state index in [9.17, 15) is 4.79 Å². The summed E-state index contributed by atoms with van der Waals surface area (Å²) in [7, 11) is 3.16. The lowest BCUT2D eigenvalue weighted by Gasteiger charge is -2.17. The van der Waals surface area contributed by atoms with Crippen molar-refractivity contribution in [2.75, 3.05) is 14.2 Å². The van der Waals surface area contributed by atoms with E-state index in [2.05, 4.69) is 5.32 Å². The summed E-state index contributed by atoms with van der Waals surface area (Å²) in [6.07, 6.45) is 0. The van der Waals surface area contributed by atoms with Crippen LogP contribution in [0.15, 0.2) is 18.2 Å². The molecule has 5 nitrogen and oxygen atoms in total. The zero-order valence-corrected chi connectivity index (χ0v) is 11.9. The number of ether oxygens (including phenoxy) is 2. The molecule has 1 rings (SSSR count). The predicted octanol–water partition coefficient (Wildman–Crippen LogP) is 1.30. The van der Waals surface area contributed by atoms with Gasteiger partial charge in [0.25, 0.3) is 0 Å². The molecular formula is C14H22N2O3. The number of methoxy groups -OCH3 is 2. The quantitative estimate of drug-likeness (QED) is 0.814. The first-order valence-electron chi connectivity index (χ1n) is 6.24. The van der Waals surface area contributed by atoms with Crippen LogP contribution in [0.3, 0.4) is 0 Å². The van der Waals surface area contributed by atoms with Crippen LogP contribution >= 0.6 is 0 Å². The van der Waals surface area contributed by atoms with E-state index in [1.165, 1.54) is 0 Å². The van der Waals surface area contributed by atoms with Gasteiger partial charge in [0.1, 0.15) is 0 Å². The maximum atomic E-state index is 11.8. The smallest absolute Gasteiger partial charge is 0.224 e. The third-order valence-electron chi connectivity index (χ3n) is 3.14. The maximum Gasteiger partial charge on any atom is 0.224 e. The van der Waals surface area contributed by atoms with Crippen molar-refractivity contribution in [2.45, 2.75) is 26.4 Å². The predicted molar refractivity (Wildman–Crippen MR) is 74.2 cm³/mol. The number of rotatable bonds is 6. The Hall–Kier alpha value is -1.75. The summed E-state index contributed by atoms with van der Waals surface area (Å²) in [6.45, 7) is 4.01. The summed E-state index contributed by atoms with van der Waals surface area (Å²) in [5.41, 5.74) is 6.57. The van der Waals surface area contributed by atoms with Crippen molar-refractivity contribution in [3.05, 3.63) is 23.8 Å². The van der Waals surface area contributed by atoms with Gasteiger partial charge in [0.05, 0.1) is 14.2 Å². The van der Waals surface area contributed by atoms with Crippen LogP contribution in [0.1, 0.15) is 19.4 Å². The highest BCUT2D eigenvalue weighted by Gasteiger charge is 2.17. The number of nitrogens with one attached hydrogen (secondary N) is 1. The summed E-state index contributed by atoms with van der Waals surface area (Å²) in [5.74, 6) is 0.990. The van der Waals surface area contributed by atoms with Gasteiger partial charge in [0, 0.05) is 24.1 Å². The van der Waals surface area contributed by atoms with Gasteiger partial charge in [-0.15, -0.1) is 0 Å². The first-order valence-corrected chi connectivity index (χ1v) is 6.24. The fraction of sp³-hybridized carbons (Fsp3) is 0.500. The molecule has 0 saturated carbocycles. The molecule has 106 valence electrons. The van der Waals surface area contributed by atoms with Gasteiger partial charge in [0.2, 0.25) is 5.91 Å². The van der Waals surface area contributed by atoms with Crippen LogP contribution in [-0.2, 0) is 11.3 Å². The minimum atomic E-state index is -0.225. The second kappa shape index (κ2) is 6.99. The van der Waals surface area contributed by atoms with Gasteiger partial charge in [-0.2, -0.15) is 0 Å². The SMILES string of the molecule is COc1cccc(CNC(=O)C(C)C(C)N)c1OC. The lowest BCUT2D eigenvalue weighted by atomic mass is 10.0. The molecule has 0 aliphatic heterocycles. The van der Waals surface area contributed by atoms with E-state index >= 15 is 0 Å². The van der Waals surface area contributed by atoms with E-state index in [1.807, 2.05) is 32.0 Å². The van der Waals surface area contributed by atoms with Crippen LogP contribution in [0.2, 0.25) is 0 Å². The van der Waals surface area contributed by atoms with Gasteiger partial charge in [0.15, 0.2) is 11.5 Å². The second-order valence-electron chi connectivity index (χ2n) is 4.52. The molecule has 0 aliphatic carbocycles. The molecule has 0 spiro atoms. The molecule has 3 N–H and O–H groups in total. The molecule has 5 heteroatoms. The van der Waals surface area contributed by atoms with E-state index in [0.29, 0.717) is 18.0 Å². The van der Waals surface area contributed by atoms with Gasteiger partial charge in [-0.1, -0.05) is 19.1 Å². The van der Waals surface area contributed by atoms with E-state index < -0.39 is 0 Å². The van der Waals surface area contributed by atoms with Crippen LogP contribution in [0, 0.1) is 5.92 Å². The molecular weight excluding hydrogens is 244 g/mol. The van der Waals surface area contributed by atoms with Crippen molar-refractivity contribution < 1.29 is 14.3 Å². The minimum absolute atomic E-state index is 0.0696. The van der Waals surface area contributed by atoms with Crippen LogP contribution < -0.4 is 20.5 Å². The molecule has 0 radical (unpaired) electrons. The van der Waals surface area contributed by atoms with E-state index in [1.54, 1.807) is 14.2 Å². The number of hydrogen-bond acceptors (Lipinski definition) is 4. The largest absolute Gasteiger partial charge is 0.493 e. The zero-order valence-electron chi connectivity index (χ0n) is 11.9. The summed E-state index contributed by atoms with van der Waals surface area (Å²) in [5, 5.41) is 2.85. The van der Waals surface area contributed by atoms with Crippen molar-refractivity contribution in [1.82, 2.24) is 5.32 Å². The number of carbonyl (C=O) groups is 1. The lowest BCUT2D eigenvalue weighted by molar-refractivity contribution is -0.125. The van der Waals surface area contributed by atoms with Gasteiger partial charge >= 0.3 is 0 Å². The van der Waals surface area contributed by atoms with Crippen molar-refractivity contribution >= 4 is 5.91 Å². The highest BCUT2D eigenvalue weighted by molar-refractivity contribution is 5.79. The third kappa shape index (κ3) is 3.86. The van der Waals surface area contributed by atoms with Crippen molar-refractivity contribution in [3.63, 3.8) is 0 Å². The van der Waals surface area contributed by atoms with Crippen molar-refractivity contribution in [3.8, 4) is 11.5 Å². The van der Waals surface area contributed by atoms with E-state index in [0.717, 1.165) is 5.56 Å². The molecule has 0 aliphatic rings. The summed E-state index contributed by atoms with van der Waals surface area (Å²) < 4.78 is 10.5. The standard InChI is InChI=1S/C14H22N2O3/c1-9(10(2)15)14(17)16-8-11-6-5-7-12(18-3)13(11)19-4/h5-7,9-10H,8,15H2,1-4H3,(H,16,17). The van der Waals surface area contributed by atoms with Gasteiger partial charge < -0.3 is 20.5 Å². The fourth-order valence-corrected chi connectivity index (χ4v) is 1.68. The molecule has 0 heterocycles. The number of para-hydroxylation sites is 1. The zero-order chi connectivity index (χ0) is 14.4. The number of nitrogens with two attached hydrogens (primary N) is 1. The van der Waals surface area contributed by atoms with Gasteiger partial charge in [-0.25, -0.2) is 0 Å². The Morgan fingerprint density at radius 1 is 1.32 bits per heavy atom. The van der Waals surface area contributed by atoms with E-state index in [4.69, 9.17) is 15.2 Å². The Balaban J connectivity index is 2.75. The summed E-state index contributed by atoms with van der Waals surface area (Å²) in [4.78, 5) is 11.8. The van der Waals surface area contributed by atoms with Crippen molar-refractivity contribution in [2.24, 2.45) is 11.7 Å². The summed E-state index contributed by atoms with van der Waals surface area (Å²) >= 11 is 0. The molecule has 0 fully saturated rings. The first kappa shape index (κ1) is 15.3. The Bertz CT molecular complexity index is 433. The van der Waals surface area contributed by atoms with Crippen LogP contribution in [0.25, 0.3) is 0 Å². The topological polar surface area (TPSA) is 73.6 Å². The number of carbonyl (C=O) groups excluding carboxylic acids is 1. The first-order chi connectivity index (χ1) is 9.01. The monoisotopic (exact) mass is 266 g/mol. The average Bonchev–Trinajstić information content (AvgIpc) is 2.42. The maximum absolute atomic E-state index is 11.8. The summed E-state index contributed by atoms with van der Waals surface area (Å²) in [6, 6.07) is 5.39. The second-order valence-corrected chi connectivity index (χ2v) is 4.52. The van der Waals surface area contributed by atoms with Crippen LogP contribution in [0.4, 0.5) is 0 Å². The molecule has 0 bridgehead atoms. The molecule has 1 aromatic carbocycles. The Labute approximate surface area is 114 Å². The Morgan fingerprint density at radius 2 is 2.00 bits per heavy atom. The van der Waals surface area contributed by atoms with E-state index in [-0.39, 0.29) is 17.9 Å². The molecule has 19 heavy (non-hydrogen) atoms. The Kier molecular flexibility index (Phi) is 5.63. The van der Waals surface area contributed by atoms with Gasteiger partial charge in [-0.3, -0.25) is 4.79 Å². The van der Waals surface area contributed by atoms with Gasteiger partial charge in [-0.05, 0) is 13.0 Å². The normalized spacial score (nSPS) is 13.5. The highest BCUT2D eigenvalue weighted by atomic mass is 16.5. The minimum Gasteiger partial charge on any atom is -0.493 e. The lowest BCUT2D eigenvalue weighted by Crippen LogP contribution is -2.38. The molecule has 1 aromatic rings.